The Morgan fingerprint density at radius 1 is 1.13 bits per heavy atom. The van der Waals surface area contributed by atoms with Crippen LogP contribution in [0.4, 0.5) is 0 Å². The van der Waals surface area contributed by atoms with Crippen LogP contribution in [0.2, 0.25) is 0 Å². The van der Waals surface area contributed by atoms with Gasteiger partial charge in [-0.2, -0.15) is 0 Å². The van der Waals surface area contributed by atoms with Crippen molar-refractivity contribution in [3.05, 3.63) is 12.2 Å². The summed E-state index contributed by atoms with van der Waals surface area (Å²) in [4.78, 5) is 10.5. The molecule has 1 aliphatic carbocycles. The molecule has 2 N–H and O–H groups in total. The number of carbonyl (C=O) groups is 1. The molecule has 1 aliphatic rings. The second kappa shape index (κ2) is 12.6. The van der Waals surface area contributed by atoms with Crippen LogP contribution in [-0.2, 0) is 4.79 Å². The Kier molecular flexibility index (Phi) is 11.1. The molecule has 0 saturated heterocycles. The van der Waals surface area contributed by atoms with Gasteiger partial charge in [-0.1, -0.05) is 64.0 Å². The lowest BCUT2D eigenvalue weighted by molar-refractivity contribution is -0.137. The Labute approximate surface area is 142 Å². The highest BCUT2D eigenvalue weighted by molar-refractivity contribution is 5.66. The Balaban J connectivity index is 2.16. The van der Waals surface area contributed by atoms with Crippen LogP contribution in [0.1, 0.15) is 90.4 Å². The Bertz CT molecular complexity index is 338. The van der Waals surface area contributed by atoms with Crippen LogP contribution in [0.3, 0.4) is 0 Å². The molecule has 134 valence electrons. The summed E-state index contributed by atoms with van der Waals surface area (Å²) in [5.41, 5.74) is 0. The average Bonchev–Trinajstić information content (AvgIpc) is 2.96. The third kappa shape index (κ3) is 9.80. The highest BCUT2D eigenvalue weighted by atomic mass is 16.4. The zero-order chi connectivity index (χ0) is 16.9. The maximum absolute atomic E-state index is 10.5. The SMILES string of the molecule is CCCCCC(O)/C=C/[C@H]1CCC[C@@H]1CCCCCCC(=O)O. The fraction of sp³-hybridized carbons (Fsp3) is 0.850. The molecule has 3 nitrogen and oxygen atoms in total. The van der Waals surface area contributed by atoms with Crippen molar-refractivity contribution in [2.45, 2.75) is 96.5 Å². The quantitative estimate of drug-likeness (QED) is 0.356. The van der Waals surface area contributed by atoms with Crippen molar-refractivity contribution in [3.8, 4) is 0 Å². The zero-order valence-corrected chi connectivity index (χ0v) is 14.9. The van der Waals surface area contributed by atoms with E-state index in [0.29, 0.717) is 12.3 Å². The summed E-state index contributed by atoms with van der Waals surface area (Å²) in [6.07, 6.45) is 18.1. The summed E-state index contributed by atoms with van der Waals surface area (Å²) < 4.78 is 0. The van der Waals surface area contributed by atoms with Crippen molar-refractivity contribution >= 4 is 5.97 Å². The summed E-state index contributed by atoms with van der Waals surface area (Å²) in [6.45, 7) is 2.19. The Morgan fingerprint density at radius 3 is 2.65 bits per heavy atom. The first-order valence-corrected chi connectivity index (χ1v) is 9.71. The zero-order valence-electron chi connectivity index (χ0n) is 14.9. The van der Waals surface area contributed by atoms with Crippen LogP contribution in [-0.4, -0.2) is 22.3 Å². The van der Waals surface area contributed by atoms with Gasteiger partial charge in [-0.25, -0.2) is 0 Å². The second-order valence-corrected chi connectivity index (χ2v) is 7.15. The third-order valence-corrected chi connectivity index (χ3v) is 5.12. The number of unbranched alkanes of at least 4 members (excludes halogenated alkanes) is 5. The van der Waals surface area contributed by atoms with Crippen molar-refractivity contribution in [3.63, 3.8) is 0 Å². The van der Waals surface area contributed by atoms with Gasteiger partial charge in [-0.15, -0.1) is 0 Å². The van der Waals surface area contributed by atoms with Gasteiger partial charge >= 0.3 is 5.97 Å². The first kappa shape index (κ1) is 20.2. The van der Waals surface area contributed by atoms with Crippen LogP contribution >= 0.6 is 0 Å². The molecule has 3 heteroatoms. The molecular formula is C20H36O3. The minimum absolute atomic E-state index is 0.265. The van der Waals surface area contributed by atoms with Crippen LogP contribution in [0.5, 0.6) is 0 Å². The maximum Gasteiger partial charge on any atom is 0.303 e. The number of aliphatic hydroxyl groups excluding tert-OH is 1. The number of carboxylic acids is 1. The molecule has 1 fully saturated rings. The normalized spacial score (nSPS) is 22.7. The molecule has 1 unspecified atom stereocenters. The van der Waals surface area contributed by atoms with Gasteiger partial charge < -0.3 is 10.2 Å². The van der Waals surface area contributed by atoms with E-state index in [9.17, 15) is 9.90 Å². The van der Waals surface area contributed by atoms with E-state index >= 15 is 0 Å². The predicted octanol–water partition coefficient (Wildman–Crippen LogP) is 5.33. The first-order valence-electron chi connectivity index (χ1n) is 9.71. The number of aliphatic carboxylic acids is 1. The third-order valence-electron chi connectivity index (χ3n) is 5.12. The lowest BCUT2D eigenvalue weighted by Gasteiger charge is -2.16. The first-order chi connectivity index (χ1) is 11.1. The largest absolute Gasteiger partial charge is 0.481 e. The highest BCUT2D eigenvalue weighted by Gasteiger charge is 2.24. The molecule has 0 bridgehead atoms. The molecule has 0 aromatic heterocycles. The monoisotopic (exact) mass is 324 g/mol. The number of hydrogen-bond donors (Lipinski definition) is 2. The summed E-state index contributed by atoms with van der Waals surface area (Å²) in [7, 11) is 0. The van der Waals surface area contributed by atoms with Gasteiger partial charge in [0.25, 0.3) is 0 Å². The van der Waals surface area contributed by atoms with E-state index in [1.54, 1.807) is 0 Å². The predicted molar refractivity (Wildman–Crippen MR) is 95.5 cm³/mol. The van der Waals surface area contributed by atoms with Gasteiger partial charge in [0.05, 0.1) is 6.10 Å². The van der Waals surface area contributed by atoms with Crippen molar-refractivity contribution in [2.24, 2.45) is 11.8 Å². The second-order valence-electron chi connectivity index (χ2n) is 7.15. The standard InChI is InChI=1S/C20H36O3/c1-2-3-6-13-19(21)16-15-18-12-9-11-17(18)10-7-4-5-8-14-20(22)23/h15-19,21H,2-14H2,1H3,(H,22,23)/b16-15+/t17-,18+,19?/m0/s1. The number of carboxylic acid groups (broad SMARTS) is 1. The van der Waals surface area contributed by atoms with E-state index in [4.69, 9.17) is 5.11 Å². The van der Waals surface area contributed by atoms with E-state index in [-0.39, 0.29) is 6.10 Å². The number of rotatable bonds is 13. The average molecular weight is 325 g/mol. The number of allylic oxidation sites excluding steroid dienone is 1. The summed E-state index contributed by atoms with van der Waals surface area (Å²) in [6, 6.07) is 0. The molecule has 1 saturated carbocycles. The molecule has 23 heavy (non-hydrogen) atoms. The van der Waals surface area contributed by atoms with E-state index in [0.717, 1.165) is 38.0 Å². The van der Waals surface area contributed by atoms with Gasteiger partial charge in [-0.3, -0.25) is 4.79 Å². The van der Waals surface area contributed by atoms with Crippen molar-refractivity contribution < 1.29 is 15.0 Å². The molecule has 1 rings (SSSR count). The lowest BCUT2D eigenvalue weighted by Crippen LogP contribution is -2.08. The summed E-state index contributed by atoms with van der Waals surface area (Å²) in [5.74, 6) is 0.742. The van der Waals surface area contributed by atoms with Crippen LogP contribution in [0, 0.1) is 11.8 Å². The van der Waals surface area contributed by atoms with Crippen molar-refractivity contribution in [1.29, 1.82) is 0 Å². The Morgan fingerprint density at radius 2 is 1.91 bits per heavy atom. The van der Waals surface area contributed by atoms with Crippen LogP contribution in [0.15, 0.2) is 12.2 Å². The topological polar surface area (TPSA) is 57.5 Å². The highest BCUT2D eigenvalue weighted by Crippen LogP contribution is 2.36. The van der Waals surface area contributed by atoms with Crippen LogP contribution < -0.4 is 0 Å². The molecule has 0 aliphatic heterocycles. The fourth-order valence-electron chi connectivity index (χ4n) is 3.68. The van der Waals surface area contributed by atoms with E-state index in [1.807, 2.05) is 6.08 Å². The Hall–Kier alpha value is -0.830. The van der Waals surface area contributed by atoms with Crippen molar-refractivity contribution in [2.75, 3.05) is 0 Å². The summed E-state index contributed by atoms with van der Waals surface area (Å²) in [5, 5.41) is 18.6. The smallest absolute Gasteiger partial charge is 0.303 e. The number of aliphatic hydroxyl groups is 1. The fourth-order valence-corrected chi connectivity index (χ4v) is 3.68. The van der Waals surface area contributed by atoms with Gasteiger partial charge in [0.2, 0.25) is 0 Å². The van der Waals surface area contributed by atoms with Gasteiger partial charge in [0.1, 0.15) is 0 Å². The van der Waals surface area contributed by atoms with E-state index in [1.165, 1.54) is 44.9 Å². The lowest BCUT2D eigenvalue weighted by atomic mass is 9.89. The minimum atomic E-state index is -0.677. The number of hydrogen-bond acceptors (Lipinski definition) is 2. The molecule has 0 aromatic carbocycles. The molecule has 0 aromatic rings. The maximum atomic E-state index is 10.5. The van der Waals surface area contributed by atoms with Gasteiger partial charge in [0, 0.05) is 6.42 Å². The van der Waals surface area contributed by atoms with Crippen molar-refractivity contribution in [1.82, 2.24) is 0 Å². The molecule has 0 spiro atoms. The molecule has 0 radical (unpaired) electrons. The molecular weight excluding hydrogens is 288 g/mol. The molecule has 0 amide bonds. The van der Waals surface area contributed by atoms with E-state index < -0.39 is 5.97 Å². The minimum Gasteiger partial charge on any atom is -0.481 e. The van der Waals surface area contributed by atoms with Gasteiger partial charge in [0.15, 0.2) is 0 Å². The molecule has 3 atom stereocenters. The van der Waals surface area contributed by atoms with Crippen LogP contribution in [0.25, 0.3) is 0 Å². The van der Waals surface area contributed by atoms with E-state index in [2.05, 4.69) is 13.0 Å². The van der Waals surface area contributed by atoms with Gasteiger partial charge in [-0.05, 0) is 43.9 Å². The molecule has 0 heterocycles. The summed E-state index contributed by atoms with van der Waals surface area (Å²) >= 11 is 0.